The maximum Gasteiger partial charge on any atom is 0.352 e. The number of carboxylic acid groups (broad SMARTS) is 1. The number of aliphatic carboxylic acids is 1. The molecule has 1 unspecified atom stereocenters. The Balaban J connectivity index is 3.70. The molecule has 0 aliphatic carbocycles. The van der Waals surface area contributed by atoms with E-state index in [1.807, 2.05) is 0 Å². The molecule has 1 N–H and O–H groups in total. The molecule has 0 saturated carbocycles. The number of carboxylic acids is 1. The standard InChI is InChI=1S/C9HN5O2/c10-1-5-6(2-11)9(4-13,8(15)16)14-7(5)3-12/h(H,15,16). The van der Waals surface area contributed by atoms with Crippen molar-refractivity contribution in [3.63, 3.8) is 0 Å². The van der Waals surface area contributed by atoms with Crippen molar-refractivity contribution in [1.82, 2.24) is 0 Å². The zero-order chi connectivity index (χ0) is 12.3. The van der Waals surface area contributed by atoms with Crippen molar-refractivity contribution in [2.45, 2.75) is 5.54 Å². The van der Waals surface area contributed by atoms with Gasteiger partial charge in [-0.1, -0.05) is 0 Å². The van der Waals surface area contributed by atoms with Gasteiger partial charge in [-0.15, -0.1) is 0 Å². The van der Waals surface area contributed by atoms with Crippen molar-refractivity contribution in [3.8, 4) is 24.3 Å². The minimum absolute atomic E-state index is 0.464. The summed E-state index contributed by atoms with van der Waals surface area (Å²) in [4.78, 5) is 14.2. The average molecular weight is 211 g/mol. The molecule has 1 atom stereocenters. The second kappa shape index (κ2) is 3.53. The quantitative estimate of drug-likeness (QED) is 0.627. The van der Waals surface area contributed by atoms with Crippen LogP contribution in [-0.2, 0) is 4.79 Å². The van der Waals surface area contributed by atoms with E-state index in [0.29, 0.717) is 0 Å². The number of nitrogens with zero attached hydrogens (tertiary/aromatic N) is 5. The molecular weight excluding hydrogens is 210 g/mol. The Morgan fingerprint density at radius 2 is 1.81 bits per heavy atom. The summed E-state index contributed by atoms with van der Waals surface area (Å²) in [5, 5.41) is 43.7. The molecule has 0 aromatic heterocycles. The largest absolute Gasteiger partial charge is 0.478 e. The fourth-order valence-electron chi connectivity index (χ4n) is 1.19. The van der Waals surface area contributed by atoms with Crippen LogP contribution in [0.3, 0.4) is 0 Å². The average Bonchev–Trinajstić information content (AvgIpc) is 2.62. The van der Waals surface area contributed by atoms with Crippen molar-refractivity contribution in [1.29, 1.82) is 21.0 Å². The molecule has 7 nitrogen and oxygen atoms in total. The predicted molar refractivity (Wildman–Crippen MR) is 47.3 cm³/mol. The summed E-state index contributed by atoms with van der Waals surface area (Å²) < 4.78 is 0. The predicted octanol–water partition coefficient (Wildman–Crippen LogP) is -0.345. The van der Waals surface area contributed by atoms with Crippen molar-refractivity contribution in [2.75, 3.05) is 0 Å². The molecule has 1 aliphatic rings. The lowest BCUT2D eigenvalue weighted by Crippen LogP contribution is -2.35. The highest BCUT2D eigenvalue weighted by molar-refractivity contribution is 6.20. The van der Waals surface area contributed by atoms with Gasteiger partial charge >= 0.3 is 5.97 Å². The fourth-order valence-corrected chi connectivity index (χ4v) is 1.19. The highest BCUT2D eigenvalue weighted by Crippen LogP contribution is 2.31. The maximum absolute atomic E-state index is 10.9. The summed E-state index contributed by atoms with van der Waals surface area (Å²) in [7, 11) is 0. The fraction of sp³-hybridized carbons (Fsp3) is 0.111. The van der Waals surface area contributed by atoms with Crippen molar-refractivity contribution >= 4 is 11.7 Å². The van der Waals surface area contributed by atoms with E-state index in [2.05, 4.69) is 4.99 Å². The van der Waals surface area contributed by atoms with Crippen LogP contribution in [0.5, 0.6) is 0 Å². The SMILES string of the molecule is N#CC1=NC(C#N)(C(=O)O)C(C#N)=C1C#N. The van der Waals surface area contributed by atoms with Crippen LogP contribution in [0.15, 0.2) is 16.1 Å². The van der Waals surface area contributed by atoms with Gasteiger partial charge in [0.15, 0.2) is 5.71 Å². The molecular formula is C9HN5O2. The Morgan fingerprint density at radius 1 is 1.19 bits per heavy atom. The molecule has 0 aromatic carbocycles. The number of allylic oxidation sites excluding steroid dienone is 1. The van der Waals surface area contributed by atoms with Crippen molar-refractivity contribution in [3.05, 3.63) is 11.1 Å². The van der Waals surface area contributed by atoms with Gasteiger partial charge < -0.3 is 5.11 Å². The third-order valence-electron chi connectivity index (χ3n) is 1.93. The topological polar surface area (TPSA) is 145 Å². The van der Waals surface area contributed by atoms with E-state index in [0.717, 1.165) is 0 Å². The van der Waals surface area contributed by atoms with Gasteiger partial charge in [0.2, 0.25) is 0 Å². The first-order valence-electron chi connectivity index (χ1n) is 3.77. The number of hydrogen-bond acceptors (Lipinski definition) is 6. The van der Waals surface area contributed by atoms with Crippen LogP contribution in [0.2, 0.25) is 0 Å². The van der Waals surface area contributed by atoms with E-state index in [1.165, 1.54) is 24.3 Å². The first-order valence-corrected chi connectivity index (χ1v) is 3.77. The molecule has 0 fully saturated rings. The lowest BCUT2D eigenvalue weighted by molar-refractivity contribution is -0.139. The molecule has 0 spiro atoms. The van der Waals surface area contributed by atoms with Crippen LogP contribution in [0.1, 0.15) is 0 Å². The normalized spacial score (nSPS) is 22.4. The van der Waals surface area contributed by atoms with Crippen LogP contribution in [0.25, 0.3) is 0 Å². The molecule has 74 valence electrons. The van der Waals surface area contributed by atoms with Gasteiger partial charge in [0, 0.05) is 0 Å². The molecule has 7 heteroatoms. The first kappa shape index (κ1) is 10.9. The highest BCUT2D eigenvalue weighted by Gasteiger charge is 2.50. The van der Waals surface area contributed by atoms with E-state index in [-0.39, 0.29) is 0 Å². The number of aliphatic imine (C=N–C) groups is 1. The maximum atomic E-state index is 10.9. The molecule has 0 amide bonds. The first-order chi connectivity index (χ1) is 7.57. The van der Waals surface area contributed by atoms with Crippen LogP contribution in [0.4, 0.5) is 0 Å². The van der Waals surface area contributed by atoms with Gasteiger partial charge in [-0.25, -0.2) is 9.79 Å². The van der Waals surface area contributed by atoms with Crippen molar-refractivity contribution < 1.29 is 9.90 Å². The Morgan fingerprint density at radius 3 is 2.12 bits per heavy atom. The summed E-state index contributed by atoms with van der Waals surface area (Å²) >= 11 is 0. The van der Waals surface area contributed by atoms with E-state index in [1.54, 1.807) is 0 Å². The zero-order valence-corrected chi connectivity index (χ0v) is 7.59. The van der Waals surface area contributed by atoms with Gasteiger partial charge in [0.25, 0.3) is 5.54 Å². The minimum atomic E-state index is -2.47. The van der Waals surface area contributed by atoms with Gasteiger partial charge in [0.1, 0.15) is 35.4 Å². The lowest BCUT2D eigenvalue weighted by atomic mass is 9.91. The third-order valence-corrected chi connectivity index (χ3v) is 1.93. The van der Waals surface area contributed by atoms with E-state index in [4.69, 9.17) is 26.2 Å². The van der Waals surface area contributed by atoms with E-state index < -0.39 is 28.4 Å². The summed E-state index contributed by atoms with van der Waals surface area (Å²) in [5.74, 6) is -1.69. The third kappa shape index (κ3) is 1.10. The summed E-state index contributed by atoms with van der Waals surface area (Å²) in [5.41, 5.74) is -4.07. The van der Waals surface area contributed by atoms with Crippen molar-refractivity contribution in [2.24, 2.45) is 4.99 Å². The zero-order valence-electron chi connectivity index (χ0n) is 7.59. The monoisotopic (exact) mass is 211 g/mol. The molecule has 1 heterocycles. The molecule has 16 heavy (non-hydrogen) atoms. The molecule has 1 aliphatic heterocycles. The van der Waals surface area contributed by atoms with Gasteiger partial charge in [-0.05, 0) is 0 Å². The second-order valence-corrected chi connectivity index (χ2v) is 2.67. The summed E-state index contributed by atoms with van der Waals surface area (Å²) in [6, 6.07) is 5.75. The van der Waals surface area contributed by atoms with Gasteiger partial charge in [-0.3, -0.25) is 0 Å². The van der Waals surface area contributed by atoms with E-state index >= 15 is 0 Å². The van der Waals surface area contributed by atoms with Crippen LogP contribution in [0, 0.1) is 45.3 Å². The molecule has 0 saturated heterocycles. The van der Waals surface area contributed by atoms with E-state index in [9.17, 15) is 4.79 Å². The Labute approximate surface area is 89.4 Å². The second-order valence-electron chi connectivity index (χ2n) is 2.67. The number of rotatable bonds is 1. The highest BCUT2D eigenvalue weighted by atomic mass is 16.4. The molecule has 1 rings (SSSR count). The smallest absolute Gasteiger partial charge is 0.352 e. The summed E-state index contributed by atoms with van der Waals surface area (Å²) in [6.07, 6.45) is 0. The van der Waals surface area contributed by atoms with Gasteiger partial charge in [-0.2, -0.15) is 21.0 Å². The van der Waals surface area contributed by atoms with Crippen LogP contribution < -0.4 is 0 Å². The van der Waals surface area contributed by atoms with Gasteiger partial charge in [0.05, 0.1) is 0 Å². The molecule has 0 radical (unpaired) electrons. The van der Waals surface area contributed by atoms with Crippen LogP contribution in [-0.4, -0.2) is 22.3 Å². The minimum Gasteiger partial charge on any atom is -0.478 e. The van der Waals surface area contributed by atoms with Crippen LogP contribution >= 0.6 is 0 Å². The Kier molecular flexibility index (Phi) is 2.41. The lowest BCUT2D eigenvalue weighted by Gasteiger charge is -2.10. The Hall–Kier alpha value is -3.16. The molecule has 0 bridgehead atoms. The number of carbonyl (C=O) groups is 1. The number of nitriles is 4. The molecule has 0 aromatic rings. The summed E-state index contributed by atoms with van der Waals surface area (Å²) in [6.45, 7) is 0. The Bertz CT molecular complexity index is 602. The number of hydrogen-bond donors (Lipinski definition) is 1.